The molecule has 0 aliphatic rings. The summed E-state index contributed by atoms with van der Waals surface area (Å²) >= 11 is 3.51. The highest BCUT2D eigenvalue weighted by molar-refractivity contribution is 9.09. The molecule has 0 saturated carbocycles. The maximum absolute atomic E-state index is 11.6. The molecule has 15 heavy (non-hydrogen) atoms. The number of nitrogens with one attached hydrogen (secondary N) is 1. The van der Waals surface area contributed by atoms with Crippen LogP contribution in [-0.2, 0) is 0 Å². The molecule has 0 spiro atoms. The molecule has 0 fully saturated rings. The number of hydrogen-bond acceptors (Lipinski definition) is 2. The summed E-state index contributed by atoms with van der Waals surface area (Å²) < 4.78 is 5.09. The Labute approximate surface area is 98.4 Å². The lowest BCUT2D eigenvalue weighted by molar-refractivity contribution is 0.0924. The van der Waals surface area contributed by atoms with Crippen LogP contribution < -0.4 is 5.32 Å². The van der Waals surface area contributed by atoms with E-state index in [1.165, 1.54) is 6.26 Å². The molecule has 0 aliphatic carbocycles. The molecule has 1 heterocycles. The fourth-order valence-corrected chi connectivity index (χ4v) is 1.27. The van der Waals surface area contributed by atoms with Gasteiger partial charge in [-0.25, -0.2) is 0 Å². The molecule has 1 N–H and O–H groups in total. The third kappa shape index (κ3) is 3.38. The van der Waals surface area contributed by atoms with Gasteiger partial charge in [-0.2, -0.15) is 0 Å². The number of furan rings is 1. The molecular formula is C11H16BrNO2. The maximum Gasteiger partial charge on any atom is 0.287 e. The van der Waals surface area contributed by atoms with E-state index < -0.39 is 0 Å². The Kier molecular flexibility index (Phi) is 4.39. The lowest BCUT2D eigenvalue weighted by atomic mass is 10.1. The van der Waals surface area contributed by atoms with Crippen molar-refractivity contribution in [3.63, 3.8) is 0 Å². The molecule has 0 bridgehead atoms. The Balaban J connectivity index is 2.47. The van der Waals surface area contributed by atoms with Gasteiger partial charge in [0.25, 0.3) is 5.91 Å². The van der Waals surface area contributed by atoms with Crippen molar-refractivity contribution in [3.8, 4) is 0 Å². The zero-order valence-corrected chi connectivity index (χ0v) is 10.8. The van der Waals surface area contributed by atoms with E-state index >= 15 is 0 Å². The number of carbonyl (C=O) groups excluding carboxylic acids is 1. The van der Waals surface area contributed by atoms with Crippen molar-refractivity contribution in [3.05, 3.63) is 23.7 Å². The quantitative estimate of drug-likeness (QED) is 0.858. The van der Waals surface area contributed by atoms with E-state index in [9.17, 15) is 4.79 Å². The third-order valence-electron chi connectivity index (χ3n) is 2.25. The first-order valence-electron chi connectivity index (χ1n) is 4.98. The first-order valence-corrected chi connectivity index (χ1v) is 5.90. The van der Waals surface area contributed by atoms with Crippen LogP contribution in [0.25, 0.3) is 0 Å². The van der Waals surface area contributed by atoms with Crippen molar-refractivity contribution in [1.29, 1.82) is 0 Å². The van der Waals surface area contributed by atoms with E-state index in [0.29, 0.717) is 18.2 Å². The Hall–Kier alpha value is -0.770. The first kappa shape index (κ1) is 12.3. The summed E-state index contributed by atoms with van der Waals surface area (Å²) in [4.78, 5) is 11.9. The lowest BCUT2D eigenvalue weighted by Crippen LogP contribution is -2.31. The Bertz CT molecular complexity index is 333. The van der Waals surface area contributed by atoms with Gasteiger partial charge in [0.2, 0.25) is 0 Å². The maximum atomic E-state index is 11.6. The van der Waals surface area contributed by atoms with Crippen LogP contribution >= 0.6 is 15.9 Å². The van der Waals surface area contributed by atoms with Gasteiger partial charge < -0.3 is 9.73 Å². The van der Waals surface area contributed by atoms with Crippen molar-refractivity contribution in [2.24, 2.45) is 5.92 Å². The Morgan fingerprint density at radius 3 is 2.73 bits per heavy atom. The van der Waals surface area contributed by atoms with E-state index in [-0.39, 0.29) is 10.7 Å². The van der Waals surface area contributed by atoms with Gasteiger partial charge in [-0.3, -0.25) is 4.79 Å². The second-order valence-electron chi connectivity index (χ2n) is 3.90. The molecule has 3 nitrogen and oxygen atoms in total. The average molecular weight is 274 g/mol. The molecular weight excluding hydrogens is 258 g/mol. The molecule has 0 radical (unpaired) electrons. The van der Waals surface area contributed by atoms with Gasteiger partial charge in [0.1, 0.15) is 0 Å². The minimum Gasteiger partial charge on any atom is -0.459 e. The van der Waals surface area contributed by atoms with Crippen molar-refractivity contribution in [2.75, 3.05) is 6.54 Å². The zero-order valence-electron chi connectivity index (χ0n) is 9.21. The van der Waals surface area contributed by atoms with Gasteiger partial charge in [0, 0.05) is 16.9 Å². The molecule has 1 unspecified atom stereocenters. The van der Waals surface area contributed by atoms with Gasteiger partial charge in [0.15, 0.2) is 5.76 Å². The summed E-state index contributed by atoms with van der Waals surface area (Å²) in [7, 11) is 0. The van der Waals surface area contributed by atoms with E-state index in [0.717, 1.165) is 5.56 Å². The molecule has 0 aromatic carbocycles. The Morgan fingerprint density at radius 1 is 1.60 bits per heavy atom. The number of rotatable bonds is 4. The molecule has 0 saturated heterocycles. The number of carbonyl (C=O) groups is 1. The van der Waals surface area contributed by atoms with Crippen LogP contribution in [0.1, 0.15) is 30.0 Å². The summed E-state index contributed by atoms with van der Waals surface area (Å²) in [6.45, 7) is 6.66. The van der Waals surface area contributed by atoms with Crippen LogP contribution in [0.2, 0.25) is 0 Å². The summed E-state index contributed by atoms with van der Waals surface area (Å²) in [6, 6.07) is 1.78. The fourth-order valence-electron chi connectivity index (χ4n) is 1.11. The molecule has 1 amide bonds. The molecule has 1 rings (SSSR count). The summed E-state index contributed by atoms with van der Waals surface area (Å²) in [5.74, 6) is 0.740. The van der Waals surface area contributed by atoms with Crippen LogP contribution in [0.5, 0.6) is 0 Å². The predicted octanol–water partition coefficient (Wildman–Crippen LogP) is 2.74. The SMILES string of the molecule is Cc1ccoc1C(=O)NCC(Br)C(C)C. The van der Waals surface area contributed by atoms with Crippen LogP contribution in [-0.4, -0.2) is 17.3 Å². The highest BCUT2D eigenvalue weighted by Gasteiger charge is 2.15. The molecule has 0 aliphatic heterocycles. The molecule has 4 heteroatoms. The summed E-state index contributed by atoms with van der Waals surface area (Å²) in [6.07, 6.45) is 1.53. The highest BCUT2D eigenvalue weighted by Crippen LogP contribution is 2.12. The monoisotopic (exact) mass is 273 g/mol. The number of halogens is 1. The standard InChI is InChI=1S/C11H16BrNO2/c1-7(2)9(12)6-13-11(14)10-8(3)4-5-15-10/h4-5,7,9H,6H2,1-3H3,(H,13,14). The molecule has 1 aromatic rings. The molecule has 1 atom stereocenters. The van der Waals surface area contributed by atoms with E-state index in [2.05, 4.69) is 35.1 Å². The van der Waals surface area contributed by atoms with Crippen LogP contribution in [0, 0.1) is 12.8 Å². The zero-order chi connectivity index (χ0) is 11.4. The lowest BCUT2D eigenvalue weighted by Gasteiger charge is -2.13. The third-order valence-corrected chi connectivity index (χ3v) is 3.63. The number of aryl methyl sites for hydroxylation is 1. The van der Waals surface area contributed by atoms with Crippen LogP contribution in [0.15, 0.2) is 16.7 Å². The molecule has 1 aromatic heterocycles. The van der Waals surface area contributed by atoms with Gasteiger partial charge >= 0.3 is 0 Å². The smallest absolute Gasteiger partial charge is 0.287 e. The highest BCUT2D eigenvalue weighted by atomic mass is 79.9. The summed E-state index contributed by atoms with van der Waals surface area (Å²) in [5.41, 5.74) is 0.864. The van der Waals surface area contributed by atoms with Crippen molar-refractivity contribution in [2.45, 2.75) is 25.6 Å². The second kappa shape index (κ2) is 5.35. The Morgan fingerprint density at radius 2 is 2.27 bits per heavy atom. The van der Waals surface area contributed by atoms with Gasteiger partial charge in [-0.05, 0) is 18.9 Å². The van der Waals surface area contributed by atoms with Crippen molar-refractivity contribution < 1.29 is 9.21 Å². The minimum atomic E-state index is -0.150. The van der Waals surface area contributed by atoms with E-state index in [1.54, 1.807) is 6.07 Å². The summed E-state index contributed by atoms with van der Waals surface area (Å²) in [5, 5.41) is 2.83. The van der Waals surface area contributed by atoms with E-state index in [4.69, 9.17) is 4.42 Å². The number of amides is 1. The predicted molar refractivity (Wildman–Crippen MR) is 63.3 cm³/mol. The fraction of sp³-hybridized carbons (Fsp3) is 0.545. The normalized spacial score (nSPS) is 12.9. The molecule has 84 valence electrons. The van der Waals surface area contributed by atoms with Crippen LogP contribution in [0.3, 0.4) is 0 Å². The minimum absolute atomic E-state index is 0.150. The van der Waals surface area contributed by atoms with Crippen molar-refractivity contribution in [1.82, 2.24) is 5.32 Å². The topological polar surface area (TPSA) is 42.2 Å². The van der Waals surface area contributed by atoms with E-state index in [1.807, 2.05) is 6.92 Å². The largest absolute Gasteiger partial charge is 0.459 e. The first-order chi connectivity index (χ1) is 7.02. The number of alkyl halides is 1. The second-order valence-corrected chi connectivity index (χ2v) is 5.08. The average Bonchev–Trinajstić information content (AvgIpc) is 2.60. The van der Waals surface area contributed by atoms with Crippen molar-refractivity contribution >= 4 is 21.8 Å². The van der Waals surface area contributed by atoms with Gasteiger partial charge in [0.05, 0.1) is 6.26 Å². The number of hydrogen-bond donors (Lipinski definition) is 1. The van der Waals surface area contributed by atoms with Gasteiger partial charge in [-0.1, -0.05) is 29.8 Å². The van der Waals surface area contributed by atoms with Gasteiger partial charge in [-0.15, -0.1) is 0 Å². The van der Waals surface area contributed by atoms with Crippen LogP contribution in [0.4, 0.5) is 0 Å².